The van der Waals surface area contributed by atoms with Gasteiger partial charge in [-0.2, -0.15) is 5.10 Å². The Bertz CT molecular complexity index is 761. The van der Waals surface area contributed by atoms with Gasteiger partial charge in [0.2, 0.25) is 5.91 Å². The number of aromatic nitrogens is 3. The summed E-state index contributed by atoms with van der Waals surface area (Å²) < 4.78 is 0. The van der Waals surface area contributed by atoms with Crippen LogP contribution in [0.4, 0.5) is 5.69 Å². The van der Waals surface area contributed by atoms with Crippen molar-refractivity contribution in [2.24, 2.45) is 0 Å². The lowest BCUT2D eigenvalue weighted by Gasteiger charge is -2.10. The number of aromatic amines is 2. The Kier molecular flexibility index (Phi) is 4.59. The number of nitrogens with one attached hydrogen (secondary N) is 3. The molecule has 0 saturated heterocycles. The third kappa shape index (κ3) is 3.82. The molecule has 21 heavy (non-hydrogen) atoms. The molecular weight excluding hydrogens is 292 g/mol. The number of hydrogen-bond donors (Lipinski definition) is 3. The lowest BCUT2D eigenvalue weighted by molar-refractivity contribution is -0.113. The predicted octanol–water partition coefficient (Wildman–Crippen LogP) is 0.806. The fraction of sp³-hybridized carbons (Fsp3) is 0.231. The molecule has 0 atom stereocenters. The highest BCUT2D eigenvalue weighted by Crippen LogP contribution is 2.20. The highest BCUT2D eigenvalue weighted by molar-refractivity contribution is 7.99. The van der Waals surface area contributed by atoms with E-state index in [2.05, 4.69) is 15.5 Å². The highest BCUT2D eigenvalue weighted by Gasteiger charge is 2.10. The van der Waals surface area contributed by atoms with Gasteiger partial charge in [-0.3, -0.25) is 14.6 Å². The van der Waals surface area contributed by atoms with Crippen LogP contribution in [0.3, 0.4) is 0 Å². The molecule has 3 N–H and O–H groups in total. The molecule has 1 amide bonds. The smallest absolute Gasteiger partial charge is 0.325 e. The molecule has 1 heterocycles. The van der Waals surface area contributed by atoms with Gasteiger partial charge in [0.1, 0.15) is 0 Å². The molecule has 1 aromatic heterocycles. The maximum atomic E-state index is 11.9. The molecule has 7 nitrogen and oxygen atoms in total. The number of hydrogen-bond acceptors (Lipinski definition) is 5. The van der Waals surface area contributed by atoms with E-state index in [1.807, 2.05) is 37.0 Å². The Labute approximate surface area is 124 Å². The first-order valence-corrected chi connectivity index (χ1v) is 7.14. The molecule has 1 aromatic carbocycles. The van der Waals surface area contributed by atoms with E-state index < -0.39 is 11.2 Å². The average Bonchev–Trinajstić information content (AvgIpc) is 2.42. The van der Waals surface area contributed by atoms with Crippen molar-refractivity contribution in [1.29, 1.82) is 0 Å². The summed E-state index contributed by atoms with van der Waals surface area (Å²) in [5, 5.41) is 8.57. The fourth-order valence-electron chi connectivity index (χ4n) is 1.76. The second kappa shape index (κ2) is 6.40. The first kappa shape index (κ1) is 15.0. The standard InChI is InChI=1S/C13H14N4O3S/c1-7-4-3-5-8(2)10(7)14-9(18)6-21-12-11(19)15-13(20)17-16-12/h3-5H,6H2,1-2H3,(H,14,18)(H2,15,17,19,20). The Morgan fingerprint density at radius 3 is 2.57 bits per heavy atom. The number of aryl methyl sites for hydroxylation is 2. The van der Waals surface area contributed by atoms with Crippen LogP contribution in [0.1, 0.15) is 11.1 Å². The van der Waals surface area contributed by atoms with Gasteiger partial charge in [0.05, 0.1) is 5.75 Å². The zero-order valence-corrected chi connectivity index (χ0v) is 12.3. The van der Waals surface area contributed by atoms with Gasteiger partial charge in [0.25, 0.3) is 5.56 Å². The fourth-order valence-corrected chi connectivity index (χ4v) is 2.39. The number of carbonyl (C=O) groups is 1. The van der Waals surface area contributed by atoms with Crippen molar-refractivity contribution in [3.63, 3.8) is 0 Å². The molecule has 8 heteroatoms. The molecule has 0 radical (unpaired) electrons. The molecule has 110 valence electrons. The summed E-state index contributed by atoms with van der Waals surface area (Å²) in [6, 6.07) is 5.73. The Balaban J connectivity index is 2.03. The van der Waals surface area contributed by atoms with E-state index in [0.717, 1.165) is 28.6 Å². The van der Waals surface area contributed by atoms with E-state index in [0.29, 0.717) is 0 Å². The quantitative estimate of drug-likeness (QED) is 0.724. The SMILES string of the molecule is Cc1cccc(C)c1NC(=O)CSc1n[nH]c(=O)[nH]c1=O. The van der Waals surface area contributed by atoms with Gasteiger partial charge in [0, 0.05) is 5.69 Å². The zero-order chi connectivity index (χ0) is 15.4. The summed E-state index contributed by atoms with van der Waals surface area (Å²) in [5.41, 5.74) is 1.42. The van der Waals surface area contributed by atoms with E-state index in [4.69, 9.17) is 0 Å². The van der Waals surface area contributed by atoms with Crippen LogP contribution in [0.15, 0.2) is 32.8 Å². The number of carbonyl (C=O) groups excluding carboxylic acids is 1. The van der Waals surface area contributed by atoms with Crippen LogP contribution in [-0.2, 0) is 4.79 Å². The number of rotatable bonds is 4. The Hall–Kier alpha value is -2.35. The largest absolute Gasteiger partial charge is 0.342 e. The monoisotopic (exact) mass is 306 g/mol. The second-order valence-electron chi connectivity index (χ2n) is 4.42. The van der Waals surface area contributed by atoms with Crippen LogP contribution in [-0.4, -0.2) is 26.8 Å². The molecule has 2 aromatic rings. The van der Waals surface area contributed by atoms with Crippen LogP contribution in [0.2, 0.25) is 0 Å². The minimum atomic E-state index is -0.677. The first-order chi connectivity index (χ1) is 9.97. The number of thioether (sulfide) groups is 1. The molecular formula is C13H14N4O3S. The summed E-state index contributed by atoms with van der Waals surface area (Å²) in [4.78, 5) is 36.2. The van der Waals surface area contributed by atoms with Gasteiger partial charge in [-0.1, -0.05) is 30.0 Å². The molecule has 0 fully saturated rings. The van der Waals surface area contributed by atoms with Crippen molar-refractivity contribution in [1.82, 2.24) is 15.2 Å². The molecule has 0 spiro atoms. The summed E-state index contributed by atoms with van der Waals surface area (Å²) in [5.74, 6) is -0.222. The molecule has 0 aliphatic carbocycles. The lowest BCUT2D eigenvalue weighted by atomic mass is 10.1. The van der Waals surface area contributed by atoms with E-state index >= 15 is 0 Å². The molecule has 0 aliphatic rings. The van der Waals surface area contributed by atoms with Crippen molar-refractivity contribution >= 4 is 23.4 Å². The third-order valence-corrected chi connectivity index (χ3v) is 3.72. The normalized spacial score (nSPS) is 10.4. The maximum Gasteiger partial charge on any atom is 0.342 e. The summed E-state index contributed by atoms with van der Waals surface area (Å²) >= 11 is 0.958. The minimum Gasteiger partial charge on any atom is -0.325 e. The number of anilines is 1. The maximum absolute atomic E-state index is 11.9. The van der Waals surface area contributed by atoms with Crippen LogP contribution >= 0.6 is 11.8 Å². The zero-order valence-electron chi connectivity index (χ0n) is 11.5. The topological polar surface area (TPSA) is 108 Å². The summed E-state index contributed by atoms with van der Waals surface area (Å²) in [6.07, 6.45) is 0. The average molecular weight is 306 g/mol. The van der Waals surface area contributed by atoms with Gasteiger partial charge in [-0.25, -0.2) is 9.89 Å². The van der Waals surface area contributed by atoms with Crippen molar-refractivity contribution in [2.75, 3.05) is 11.1 Å². The van der Waals surface area contributed by atoms with Crippen molar-refractivity contribution < 1.29 is 4.79 Å². The van der Waals surface area contributed by atoms with Crippen LogP contribution in [0.5, 0.6) is 0 Å². The highest BCUT2D eigenvalue weighted by atomic mass is 32.2. The first-order valence-electron chi connectivity index (χ1n) is 6.15. The van der Waals surface area contributed by atoms with Crippen molar-refractivity contribution in [2.45, 2.75) is 18.9 Å². The van der Waals surface area contributed by atoms with Gasteiger partial charge < -0.3 is 5.32 Å². The predicted molar refractivity (Wildman–Crippen MR) is 80.7 cm³/mol. The molecule has 2 rings (SSSR count). The molecule has 0 bridgehead atoms. The second-order valence-corrected chi connectivity index (χ2v) is 5.38. The van der Waals surface area contributed by atoms with E-state index in [9.17, 15) is 14.4 Å². The summed E-state index contributed by atoms with van der Waals surface area (Å²) in [6.45, 7) is 3.81. The van der Waals surface area contributed by atoms with E-state index in [1.165, 1.54) is 0 Å². The van der Waals surface area contributed by atoms with Crippen molar-refractivity contribution in [3.8, 4) is 0 Å². The van der Waals surface area contributed by atoms with E-state index in [-0.39, 0.29) is 16.7 Å². The number of benzene rings is 1. The van der Waals surface area contributed by atoms with Gasteiger partial charge in [-0.15, -0.1) is 0 Å². The molecule has 0 unspecified atom stereocenters. The van der Waals surface area contributed by atoms with Gasteiger partial charge in [0.15, 0.2) is 5.03 Å². The number of H-pyrrole nitrogens is 2. The molecule has 0 aliphatic heterocycles. The number of nitrogens with zero attached hydrogens (tertiary/aromatic N) is 1. The summed E-state index contributed by atoms with van der Waals surface area (Å²) in [7, 11) is 0. The number of amides is 1. The Morgan fingerprint density at radius 2 is 1.95 bits per heavy atom. The van der Waals surface area contributed by atoms with Gasteiger partial charge >= 0.3 is 5.69 Å². The van der Waals surface area contributed by atoms with Gasteiger partial charge in [-0.05, 0) is 25.0 Å². The minimum absolute atomic E-state index is 0.0237. The van der Waals surface area contributed by atoms with Crippen LogP contribution in [0.25, 0.3) is 0 Å². The number of para-hydroxylation sites is 1. The van der Waals surface area contributed by atoms with Crippen molar-refractivity contribution in [3.05, 3.63) is 50.2 Å². The van der Waals surface area contributed by atoms with Crippen LogP contribution < -0.4 is 16.6 Å². The Morgan fingerprint density at radius 1 is 1.29 bits per heavy atom. The lowest BCUT2D eigenvalue weighted by Crippen LogP contribution is -2.25. The third-order valence-electron chi connectivity index (χ3n) is 2.77. The van der Waals surface area contributed by atoms with E-state index in [1.54, 1.807) is 0 Å². The van der Waals surface area contributed by atoms with Crippen LogP contribution in [0, 0.1) is 13.8 Å². The molecule has 0 saturated carbocycles.